The molecule has 4 rings (SSSR count). The molecule has 0 fully saturated rings. The zero-order valence-corrected chi connectivity index (χ0v) is 12.4. The number of aromatic hydroxyl groups is 1. The van der Waals surface area contributed by atoms with Crippen molar-refractivity contribution in [2.45, 2.75) is 0 Å². The van der Waals surface area contributed by atoms with E-state index in [-0.39, 0.29) is 0 Å². The number of aromatic nitrogens is 2. The number of phenols is 1. The van der Waals surface area contributed by atoms with Gasteiger partial charge in [0, 0.05) is 0 Å². The van der Waals surface area contributed by atoms with Crippen LogP contribution in [0, 0.1) is 11.3 Å². The number of benzene rings is 2. The van der Waals surface area contributed by atoms with Gasteiger partial charge in [0.2, 0.25) is 0 Å². The van der Waals surface area contributed by atoms with Crippen molar-refractivity contribution in [2.24, 2.45) is 0 Å². The molecule has 0 saturated carbocycles. The van der Waals surface area contributed by atoms with E-state index in [9.17, 15) is 0 Å². The molecule has 2 heterocycles. The second-order valence-corrected chi connectivity index (χ2v) is 5.92. The second-order valence-electron chi connectivity index (χ2n) is 4.15. The predicted molar refractivity (Wildman–Crippen MR) is 85.6 cm³/mol. The van der Waals surface area contributed by atoms with Gasteiger partial charge in [0.15, 0.2) is 0 Å². The van der Waals surface area contributed by atoms with Crippen LogP contribution in [-0.4, -0.2) is 15.1 Å². The first kappa shape index (κ1) is 13.5. The Bertz CT molecular complexity index is 937. The van der Waals surface area contributed by atoms with Crippen molar-refractivity contribution in [3.63, 3.8) is 0 Å². The Morgan fingerprint density at radius 3 is 2.48 bits per heavy atom. The molecule has 0 atom stereocenters. The van der Waals surface area contributed by atoms with Crippen LogP contribution >= 0.6 is 22.7 Å². The number of nitriles is 1. The maximum absolute atomic E-state index is 9.03. The lowest BCUT2D eigenvalue weighted by atomic mass is 10.2. The average Bonchev–Trinajstić information content (AvgIpc) is 3.15. The Morgan fingerprint density at radius 2 is 1.67 bits per heavy atom. The number of phenolic OH excluding ortho intramolecular Hbond substituents is 1. The molecule has 0 spiro atoms. The summed E-state index contributed by atoms with van der Waals surface area (Å²) in [6.45, 7) is 0. The highest BCUT2D eigenvalue weighted by atomic mass is 32.1. The molecular weight excluding hydrogens is 302 g/mol. The number of hydrogen-bond donors (Lipinski definition) is 1. The Kier molecular flexibility index (Phi) is 3.77. The van der Waals surface area contributed by atoms with Gasteiger partial charge in [-0.25, -0.2) is 9.97 Å². The van der Waals surface area contributed by atoms with E-state index >= 15 is 0 Å². The van der Waals surface area contributed by atoms with Gasteiger partial charge in [0.1, 0.15) is 5.75 Å². The monoisotopic (exact) mass is 311 g/mol. The molecule has 21 heavy (non-hydrogen) atoms. The minimum absolute atomic E-state index is 0.303. The highest BCUT2D eigenvalue weighted by molar-refractivity contribution is 7.17. The molecule has 0 radical (unpaired) electrons. The third-order valence-corrected chi connectivity index (χ3v) is 4.38. The Morgan fingerprint density at radius 1 is 0.905 bits per heavy atom. The summed E-state index contributed by atoms with van der Waals surface area (Å²) in [5.74, 6) is 0.303. The maximum Gasteiger partial charge on any atom is 0.117 e. The molecule has 1 N–H and O–H groups in total. The topological polar surface area (TPSA) is 69.8 Å². The molecule has 0 saturated heterocycles. The molecule has 0 unspecified atom stereocenters. The van der Waals surface area contributed by atoms with Gasteiger partial charge in [-0.15, -0.1) is 22.7 Å². The summed E-state index contributed by atoms with van der Waals surface area (Å²) in [4.78, 5) is 8.16. The SMILES string of the molecule is N#Cc1ccc2scnc2c1.Oc1ccc2ncsc2c1. The molecule has 0 amide bonds. The van der Waals surface area contributed by atoms with Gasteiger partial charge in [-0.05, 0) is 36.4 Å². The lowest BCUT2D eigenvalue weighted by Crippen LogP contribution is -1.72. The molecule has 0 bridgehead atoms. The largest absolute Gasteiger partial charge is 0.508 e. The molecule has 102 valence electrons. The van der Waals surface area contributed by atoms with E-state index in [4.69, 9.17) is 10.4 Å². The minimum Gasteiger partial charge on any atom is -0.508 e. The molecule has 2 aromatic heterocycles. The average molecular weight is 311 g/mol. The van der Waals surface area contributed by atoms with Crippen LogP contribution in [0.4, 0.5) is 0 Å². The number of fused-ring (bicyclic) bond motifs is 2. The molecule has 4 nitrogen and oxygen atoms in total. The number of thiazole rings is 2. The molecule has 0 aliphatic heterocycles. The van der Waals surface area contributed by atoms with Crippen molar-refractivity contribution in [3.8, 4) is 11.8 Å². The van der Waals surface area contributed by atoms with E-state index < -0.39 is 0 Å². The highest BCUT2D eigenvalue weighted by Crippen LogP contribution is 2.21. The fraction of sp³-hybridized carbons (Fsp3) is 0. The van der Waals surface area contributed by atoms with Crippen molar-refractivity contribution >= 4 is 43.1 Å². The lowest BCUT2D eigenvalue weighted by Gasteiger charge is -1.87. The predicted octanol–water partition coefficient (Wildman–Crippen LogP) is 4.17. The molecule has 4 aromatic rings. The van der Waals surface area contributed by atoms with Crippen molar-refractivity contribution < 1.29 is 5.11 Å². The van der Waals surface area contributed by atoms with Crippen LogP contribution in [0.2, 0.25) is 0 Å². The summed E-state index contributed by atoms with van der Waals surface area (Å²) in [6, 6.07) is 12.8. The Hall–Kier alpha value is -2.49. The van der Waals surface area contributed by atoms with Crippen molar-refractivity contribution in [1.29, 1.82) is 5.26 Å². The van der Waals surface area contributed by atoms with Crippen LogP contribution in [-0.2, 0) is 0 Å². The van der Waals surface area contributed by atoms with E-state index in [1.165, 1.54) is 11.3 Å². The molecule has 6 heteroatoms. The number of rotatable bonds is 0. The summed E-state index contributed by atoms with van der Waals surface area (Å²) >= 11 is 3.12. The van der Waals surface area contributed by atoms with Gasteiger partial charge in [0.05, 0.1) is 43.1 Å². The van der Waals surface area contributed by atoms with Crippen molar-refractivity contribution in [1.82, 2.24) is 9.97 Å². The molecule has 0 aliphatic rings. The van der Waals surface area contributed by atoms with Crippen LogP contribution in [0.5, 0.6) is 5.75 Å². The van der Waals surface area contributed by atoms with Crippen LogP contribution in [0.15, 0.2) is 47.4 Å². The van der Waals surface area contributed by atoms with E-state index in [1.54, 1.807) is 52.7 Å². The van der Waals surface area contributed by atoms with Gasteiger partial charge < -0.3 is 5.11 Å². The van der Waals surface area contributed by atoms with Crippen LogP contribution in [0.3, 0.4) is 0 Å². The standard InChI is InChI=1S/C8H4N2S.C7H5NOS/c9-4-6-1-2-8-7(3-6)10-5-11-8;9-5-1-2-6-7(3-5)10-4-8-6/h1-3,5H;1-4,9H. The van der Waals surface area contributed by atoms with Crippen LogP contribution in [0.1, 0.15) is 5.56 Å². The first-order chi connectivity index (χ1) is 10.3. The summed E-state index contributed by atoms with van der Waals surface area (Å²) in [5, 5.41) is 17.6. The van der Waals surface area contributed by atoms with Gasteiger partial charge in [-0.3, -0.25) is 0 Å². The first-order valence-corrected chi connectivity index (χ1v) is 7.78. The quantitative estimate of drug-likeness (QED) is 0.529. The zero-order valence-electron chi connectivity index (χ0n) is 10.7. The van der Waals surface area contributed by atoms with Crippen molar-refractivity contribution in [3.05, 3.63) is 53.0 Å². The van der Waals surface area contributed by atoms with E-state index in [0.29, 0.717) is 11.3 Å². The normalized spacial score (nSPS) is 10.0. The summed E-state index contributed by atoms with van der Waals surface area (Å²) in [5.41, 5.74) is 6.08. The second kappa shape index (κ2) is 5.87. The highest BCUT2D eigenvalue weighted by Gasteiger charge is 1.96. The zero-order chi connectivity index (χ0) is 14.7. The van der Waals surface area contributed by atoms with Crippen molar-refractivity contribution in [2.75, 3.05) is 0 Å². The van der Waals surface area contributed by atoms with Gasteiger partial charge in [-0.2, -0.15) is 5.26 Å². The minimum atomic E-state index is 0.303. The number of hydrogen-bond acceptors (Lipinski definition) is 6. The van der Waals surface area contributed by atoms with Gasteiger partial charge in [0.25, 0.3) is 0 Å². The Balaban J connectivity index is 0.000000126. The summed E-state index contributed by atoms with van der Waals surface area (Å²) in [7, 11) is 0. The first-order valence-electron chi connectivity index (χ1n) is 6.02. The maximum atomic E-state index is 9.03. The Labute approximate surface area is 128 Å². The van der Waals surface area contributed by atoms with E-state index in [2.05, 4.69) is 16.0 Å². The summed E-state index contributed by atoms with van der Waals surface area (Å²) < 4.78 is 2.16. The number of nitrogens with zero attached hydrogens (tertiary/aromatic N) is 3. The fourth-order valence-corrected chi connectivity index (χ4v) is 3.14. The molecule has 2 aromatic carbocycles. The molecular formula is C15H9N3OS2. The smallest absolute Gasteiger partial charge is 0.117 e. The van der Waals surface area contributed by atoms with Crippen LogP contribution < -0.4 is 0 Å². The molecule has 0 aliphatic carbocycles. The van der Waals surface area contributed by atoms with E-state index in [1.807, 2.05) is 6.07 Å². The third kappa shape index (κ3) is 2.99. The third-order valence-electron chi connectivity index (χ3n) is 2.77. The summed E-state index contributed by atoms with van der Waals surface area (Å²) in [6.07, 6.45) is 0. The van der Waals surface area contributed by atoms with Gasteiger partial charge >= 0.3 is 0 Å². The van der Waals surface area contributed by atoms with Gasteiger partial charge in [-0.1, -0.05) is 0 Å². The van der Waals surface area contributed by atoms with E-state index in [0.717, 1.165) is 20.4 Å². The van der Waals surface area contributed by atoms with Crippen LogP contribution in [0.25, 0.3) is 20.4 Å². The fourth-order valence-electron chi connectivity index (χ4n) is 1.77. The lowest BCUT2D eigenvalue weighted by molar-refractivity contribution is 0.476.